The summed E-state index contributed by atoms with van der Waals surface area (Å²) in [6.07, 6.45) is 0.383. The lowest BCUT2D eigenvalue weighted by molar-refractivity contribution is -0.117. The molecule has 4 nitrogen and oxygen atoms in total. The predicted octanol–water partition coefficient (Wildman–Crippen LogP) is 4.37. The first kappa shape index (κ1) is 18.0. The third kappa shape index (κ3) is 3.41. The third-order valence-electron chi connectivity index (χ3n) is 5.12. The molecule has 0 atom stereocenters. The number of nitrogens with zero attached hydrogens (tertiary/aromatic N) is 1. The molecule has 4 rings (SSSR count). The van der Waals surface area contributed by atoms with Crippen molar-refractivity contribution < 1.29 is 9.59 Å². The summed E-state index contributed by atoms with van der Waals surface area (Å²) in [5.41, 5.74) is 4.50. The van der Waals surface area contributed by atoms with Crippen LogP contribution in [0.5, 0.6) is 0 Å². The van der Waals surface area contributed by atoms with Gasteiger partial charge in [-0.25, -0.2) is 0 Å². The van der Waals surface area contributed by atoms with Crippen molar-refractivity contribution in [2.45, 2.75) is 19.3 Å². The van der Waals surface area contributed by atoms with Crippen LogP contribution in [0.3, 0.4) is 0 Å². The number of carbonyl (C=O) groups excluding carboxylic acids is 2. The van der Waals surface area contributed by atoms with Crippen LogP contribution in [0.2, 0.25) is 0 Å². The van der Waals surface area contributed by atoms with Gasteiger partial charge in [0, 0.05) is 17.9 Å². The van der Waals surface area contributed by atoms with Crippen LogP contribution < -0.4 is 10.2 Å². The van der Waals surface area contributed by atoms with Gasteiger partial charge in [0.05, 0.1) is 12.3 Å². The maximum Gasteiger partial charge on any atom is 0.236 e. The zero-order chi connectivity index (χ0) is 19.5. The fourth-order valence-corrected chi connectivity index (χ4v) is 3.81. The number of fused-ring (bicyclic) bond motifs is 1. The minimum atomic E-state index is -0.399. The molecule has 1 N–H and O–H groups in total. The van der Waals surface area contributed by atoms with Crippen molar-refractivity contribution in [1.82, 2.24) is 0 Å². The summed E-state index contributed by atoms with van der Waals surface area (Å²) >= 11 is 0. The maximum atomic E-state index is 13.2. The van der Waals surface area contributed by atoms with Crippen molar-refractivity contribution in [2.75, 3.05) is 16.8 Å². The molecule has 0 aliphatic carbocycles. The van der Waals surface area contributed by atoms with Gasteiger partial charge in [0.1, 0.15) is 0 Å². The Kier molecular flexibility index (Phi) is 4.94. The Balaban J connectivity index is 1.63. The smallest absolute Gasteiger partial charge is 0.236 e. The lowest BCUT2D eigenvalue weighted by atomic mass is 9.90. The molecule has 3 aromatic carbocycles. The minimum absolute atomic E-state index is 0.0889. The van der Waals surface area contributed by atoms with E-state index < -0.39 is 5.92 Å². The van der Waals surface area contributed by atoms with E-state index in [0.717, 1.165) is 22.4 Å². The summed E-state index contributed by atoms with van der Waals surface area (Å²) in [7, 11) is 0. The highest BCUT2D eigenvalue weighted by Gasteiger charge is 2.27. The molecule has 0 bridgehead atoms. The van der Waals surface area contributed by atoms with Gasteiger partial charge in [-0.15, -0.1) is 0 Å². The largest absolute Gasteiger partial charge is 0.325 e. The number of benzene rings is 3. The van der Waals surface area contributed by atoms with Gasteiger partial charge in [-0.2, -0.15) is 0 Å². The monoisotopic (exact) mass is 370 g/mol. The highest BCUT2D eigenvalue weighted by Crippen LogP contribution is 2.32. The number of rotatable bonds is 5. The second kappa shape index (κ2) is 7.69. The molecule has 0 saturated carbocycles. The highest BCUT2D eigenvalue weighted by atomic mass is 16.2. The van der Waals surface area contributed by atoms with E-state index in [4.69, 9.17) is 0 Å². The number of hydrogen-bond acceptors (Lipinski definition) is 2. The van der Waals surface area contributed by atoms with Crippen LogP contribution in [0.25, 0.3) is 0 Å². The molecule has 3 aromatic rings. The summed E-state index contributed by atoms with van der Waals surface area (Å²) in [4.78, 5) is 27.1. The van der Waals surface area contributed by atoms with Crippen molar-refractivity contribution in [3.63, 3.8) is 0 Å². The van der Waals surface area contributed by atoms with Gasteiger partial charge in [-0.05, 0) is 41.8 Å². The standard InChI is InChI=1S/C24H22N2O2/c1-2-26-21-14-13-20(15-19(21)16-22(26)27)25-24(28)23(17-9-5-3-6-10-17)18-11-7-4-8-12-18/h3-15,23H,2,16H2,1H3,(H,25,28). The molecule has 4 heteroatoms. The molecule has 1 aliphatic rings. The zero-order valence-electron chi connectivity index (χ0n) is 15.8. The minimum Gasteiger partial charge on any atom is -0.325 e. The molecule has 0 saturated heterocycles. The second-order valence-electron chi connectivity index (χ2n) is 6.90. The third-order valence-corrected chi connectivity index (χ3v) is 5.12. The number of anilines is 2. The van der Waals surface area contributed by atoms with Crippen LogP contribution in [0.4, 0.5) is 11.4 Å². The molecule has 0 radical (unpaired) electrons. The van der Waals surface area contributed by atoms with Crippen LogP contribution in [0.15, 0.2) is 78.9 Å². The quantitative estimate of drug-likeness (QED) is 0.725. The Hall–Kier alpha value is -3.40. The number of carbonyl (C=O) groups is 2. The summed E-state index contributed by atoms with van der Waals surface area (Å²) in [6.45, 7) is 2.62. The fraction of sp³-hybridized carbons (Fsp3) is 0.167. The average Bonchev–Trinajstić information content (AvgIpc) is 3.04. The van der Waals surface area contributed by atoms with Gasteiger partial charge < -0.3 is 10.2 Å². The van der Waals surface area contributed by atoms with E-state index in [1.54, 1.807) is 4.90 Å². The van der Waals surface area contributed by atoms with E-state index >= 15 is 0 Å². The van der Waals surface area contributed by atoms with Gasteiger partial charge >= 0.3 is 0 Å². The van der Waals surface area contributed by atoms with Crippen LogP contribution in [-0.2, 0) is 16.0 Å². The maximum absolute atomic E-state index is 13.2. The normalized spacial score (nSPS) is 12.9. The van der Waals surface area contributed by atoms with Crippen LogP contribution in [0.1, 0.15) is 29.5 Å². The molecule has 140 valence electrons. The lowest BCUT2D eigenvalue weighted by Crippen LogP contribution is -2.25. The molecule has 0 aromatic heterocycles. The Morgan fingerprint density at radius 3 is 2.14 bits per heavy atom. The van der Waals surface area contributed by atoms with Crippen LogP contribution in [-0.4, -0.2) is 18.4 Å². The van der Waals surface area contributed by atoms with E-state index in [0.29, 0.717) is 18.7 Å². The first-order valence-corrected chi connectivity index (χ1v) is 9.51. The Morgan fingerprint density at radius 1 is 0.964 bits per heavy atom. The first-order valence-electron chi connectivity index (χ1n) is 9.51. The average molecular weight is 370 g/mol. The fourth-order valence-electron chi connectivity index (χ4n) is 3.81. The Bertz CT molecular complexity index is 960. The van der Waals surface area contributed by atoms with Crippen molar-refractivity contribution in [2.24, 2.45) is 0 Å². The molecular formula is C24H22N2O2. The first-order chi connectivity index (χ1) is 13.7. The van der Waals surface area contributed by atoms with Gasteiger partial charge in [0.25, 0.3) is 0 Å². The molecule has 0 spiro atoms. The van der Waals surface area contributed by atoms with Crippen LogP contribution in [0, 0.1) is 0 Å². The molecule has 0 unspecified atom stereocenters. The summed E-state index contributed by atoms with van der Waals surface area (Å²) in [6, 6.07) is 25.2. The predicted molar refractivity (Wildman–Crippen MR) is 112 cm³/mol. The highest BCUT2D eigenvalue weighted by molar-refractivity contribution is 6.03. The van der Waals surface area contributed by atoms with Crippen LogP contribution >= 0.6 is 0 Å². The van der Waals surface area contributed by atoms with E-state index in [1.165, 1.54) is 0 Å². The Labute approximate surface area is 164 Å². The summed E-state index contributed by atoms with van der Waals surface area (Å²) < 4.78 is 0. The molecular weight excluding hydrogens is 348 g/mol. The summed E-state index contributed by atoms with van der Waals surface area (Å²) in [5, 5.41) is 3.05. The van der Waals surface area contributed by atoms with E-state index in [9.17, 15) is 9.59 Å². The number of likely N-dealkylation sites (N-methyl/N-ethyl adjacent to an activating group) is 1. The topological polar surface area (TPSA) is 49.4 Å². The van der Waals surface area contributed by atoms with Gasteiger partial charge in [-0.1, -0.05) is 60.7 Å². The number of nitrogens with one attached hydrogen (secondary N) is 1. The van der Waals surface area contributed by atoms with Crippen molar-refractivity contribution in [1.29, 1.82) is 0 Å². The SMILES string of the molecule is CCN1C(=O)Cc2cc(NC(=O)C(c3ccccc3)c3ccccc3)ccc21. The molecule has 0 fully saturated rings. The van der Waals surface area contributed by atoms with Crippen molar-refractivity contribution in [3.8, 4) is 0 Å². The molecule has 1 heterocycles. The van der Waals surface area contributed by atoms with Gasteiger partial charge in [0.15, 0.2) is 0 Å². The lowest BCUT2D eigenvalue weighted by Gasteiger charge is -2.19. The van der Waals surface area contributed by atoms with Crippen molar-refractivity contribution >= 4 is 23.2 Å². The molecule has 28 heavy (non-hydrogen) atoms. The number of amides is 2. The zero-order valence-corrected chi connectivity index (χ0v) is 15.8. The Morgan fingerprint density at radius 2 is 1.57 bits per heavy atom. The summed E-state index contributed by atoms with van der Waals surface area (Å²) in [5.74, 6) is -0.383. The van der Waals surface area contributed by atoms with Crippen molar-refractivity contribution in [3.05, 3.63) is 95.6 Å². The van der Waals surface area contributed by atoms with E-state index in [-0.39, 0.29) is 11.8 Å². The van der Waals surface area contributed by atoms with Gasteiger partial charge in [0.2, 0.25) is 11.8 Å². The molecule has 2 amide bonds. The number of hydrogen-bond donors (Lipinski definition) is 1. The second-order valence-corrected chi connectivity index (χ2v) is 6.90. The molecule has 1 aliphatic heterocycles. The van der Waals surface area contributed by atoms with E-state index in [1.807, 2.05) is 85.8 Å². The van der Waals surface area contributed by atoms with E-state index in [2.05, 4.69) is 5.32 Å². The van der Waals surface area contributed by atoms with Gasteiger partial charge in [-0.3, -0.25) is 9.59 Å².